The molecule has 3 heteroatoms. The largest absolute Gasteiger partial charge is 0.488 e. The van der Waals surface area contributed by atoms with Gasteiger partial charge in [-0.1, -0.05) is 26.8 Å². The highest BCUT2D eigenvalue weighted by molar-refractivity contribution is 9.10. The van der Waals surface area contributed by atoms with Crippen molar-refractivity contribution < 1.29 is 4.74 Å². The van der Waals surface area contributed by atoms with Crippen molar-refractivity contribution in [2.75, 3.05) is 13.1 Å². The number of hydrogen-bond donors (Lipinski definition) is 1. The first-order valence-electron chi connectivity index (χ1n) is 7.20. The predicted octanol–water partition coefficient (Wildman–Crippen LogP) is 4.27. The Labute approximate surface area is 125 Å². The van der Waals surface area contributed by atoms with Crippen LogP contribution < -0.4 is 10.1 Å². The van der Waals surface area contributed by atoms with Gasteiger partial charge in [0.2, 0.25) is 0 Å². The zero-order chi connectivity index (χ0) is 13.9. The number of nitrogens with one attached hydrogen (secondary N) is 1. The standard InChI is InChI=1S/C16H24BrNO/c1-4-16(2,3)12-7-8-15(14(17)10-12)19-13-6-5-9-18-11-13/h7-8,10,13,18H,4-6,9,11H2,1-3H3/t13-/m1/s1. The number of hydrogen-bond acceptors (Lipinski definition) is 2. The Morgan fingerprint density at radius 3 is 2.79 bits per heavy atom. The number of ether oxygens (including phenoxy) is 1. The molecule has 106 valence electrons. The minimum Gasteiger partial charge on any atom is -0.488 e. The molecule has 1 atom stereocenters. The lowest BCUT2D eigenvalue weighted by Gasteiger charge is -2.26. The van der Waals surface area contributed by atoms with Crippen molar-refractivity contribution in [3.8, 4) is 5.75 Å². The minimum absolute atomic E-state index is 0.216. The smallest absolute Gasteiger partial charge is 0.133 e. The van der Waals surface area contributed by atoms with Crippen molar-refractivity contribution in [3.05, 3.63) is 28.2 Å². The third-order valence-corrected chi connectivity index (χ3v) is 4.76. The summed E-state index contributed by atoms with van der Waals surface area (Å²) in [5.41, 5.74) is 1.57. The summed E-state index contributed by atoms with van der Waals surface area (Å²) < 4.78 is 7.14. The fourth-order valence-corrected chi connectivity index (χ4v) is 2.79. The van der Waals surface area contributed by atoms with E-state index in [0.29, 0.717) is 6.10 Å². The van der Waals surface area contributed by atoms with Crippen LogP contribution in [0.15, 0.2) is 22.7 Å². The second-order valence-electron chi connectivity index (χ2n) is 5.97. The predicted molar refractivity (Wildman–Crippen MR) is 84.0 cm³/mol. The van der Waals surface area contributed by atoms with Gasteiger partial charge in [-0.15, -0.1) is 0 Å². The van der Waals surface area contributed by atoms with Crippen LogP contribution in [0.5, 0.6) is 5.75 Å². The first-order valence-corrected chi connectivity index (χ1v) is 7.99. The fourth-order valence-electron chi connectivity index (χ4n) is 2.32. The molecule has 2 rings (SSSR count). The van der Waals surface area contributed by atoms with Gasteiger partial charge >= 0.3 is 0 Å². The lowest BCUT2D eigenvalue weighted by atomic mass is 9.82. The molecule has 1 fully saturated rings. The van der Waals surface area contributed by atoms with Crippen molar-refractivity contribution in [2.24, 2.45) is 0 Å². The van der Waals surface area contributed by atoms with Crippen LogP contribution in [-0.2, 0) is 5.41 Å². The molecule has 0 radical (unpaired) electrons. The molecule has 0 aliphatic carbocycles. The van der Waals surface area contributed by atoms with Gasteiger partial charge < -0.3 is 10.1 Å². The first kappa shape index (κ1) is 14.9. The van der Waals surface area contributed by atoms with E-state index in [1.165, 1.54) is 12.0 Å². The zero-order valence-electron chi connectivity index (χ0n) is 12.1. The van der Waals surface area contributed by atoms with Crippen LogP contribution in [0.2, 0.25) is 0 Å². The van der Waals surface area contributed by atoms with E-state index in [9.17, 15) is 0 Å². The van der Waals surface area contributed by atoms with E-state index in [1.807, 2.05) is 0 Å². The molecule has 0 aromatic heterocycles. The molecule has 1 heterocycles. The van der Waals surface area contributed by atoms with Crippen molar-refractivity contribution in [1.29, 1.82) is 0 Å². The van der Waals surface area contributed by atoms with Crippen molar-refractivity contribution in [2.45, 2.75) is 51.6 Å². The second kappa shape index (κ2) is 6.27. The van der Waals surface area contributed by atoms with E-state index in [0.717, 1.165) is 36.2 Å². The Morgan fingerprint density at radius 2 is 2.21 bits per heavy atom. The van der Waals surface area contributed by atoms with Crippen LogP contribution in [0, 0.1) is 0 Å². The Balaban J connectivity index is 2.10. The molecule has 1 aromatic carbocycles. The highest BCUT2D eigenvalue weighted by atomic mass is 79.9. The van der Waals surface area contributed by atoms with Gasteiger partial charge in [0.1, 0.15) is 11.9 Å². The lowest BCUT2D eigenvalue weighted by Crippen LogP contribution is -2.37. The fraction of sp³-hybridized carbons (Fsp3) is 0.625. The molecule has 2 nitrogen and oxygen atoms in total. The normalized spacial score (nSPS) is 20.3. The van der Waals surface area contributed by atoms with Gasteiger partial charge in [-0.3, -0.25) is 0 Å². The monoisotopic (exact) mass is 325 g/mol. The average molecular weight is 326 g/mol. The number of halogens is 1. The lowest BCUT2D eigenvalue weighted by molar-refractivity contribution is 0.166. The Hall–Kier alpha value is -0.540. The molecule has 0 spiro atoms. The van der Waals surface area contributed by atoms with Crippen molar-refractivity contribution in [1.82, 2.24) is 5.32 Å². The van der Waals surface area contributed by atoms with Gasteiger partial charge in [0.05, 0.1) is 4.47 Å². The van der Waals surface area contributed by atoms with Gasteiger partial charge in [0, 0.05) is 6.54 Å². The zero-order valence-corrected chi connectivity index (χ0v) is 13.7. The van der Waals surface area contributed by atoms with E-state index in [2.05, 4.69) is 60.2 Å². The molecule has 1 aliphatic rings. The summed E-state index contributed by atoms with van der Waals surface area (Å²) in [4.78, 5) is 0. The van der Waals surface area contributed by atoms with Gasteiger partial charge in [0.25, 0.3) is 0 Å². The summed E-state index contributed by atoms with van der Waals surface area (Å²) in [6, 6.07) is 6.50. The molecule has 1 N–H and O–H groups in total. The van der Waals surface area contributed by atoms with E-state index in [4.69, 9.17) is 4.74 Å². The van der Waals surface area contributed by atoms with Crippen LogP contribution >= 0.6 is 15.9 Å². The van der Waals surface area contributed by atoms with Gasteiger partial charge in [-0.2, -0.15) is 0 Å². The highest BCUT2D eigenvalue weighted by Gasteiger charge is 2.20. The Morgan fingerprint density at radius 1 is 1.42 bits per heavy atom. The molecule has 1 aromatic rings. The van der Waals surface area contributed by atoms with Crippen molar-refractivity contribution >= 4 is 15.9 Å². The quantitative estimate of drug-likeness (QED) is 0.892. The first-order chi connectivity index (χ1) is 9.03. The summed E-state index contributed by atoms with van der Waals surface area (Å²) in [6.07, 6.45) is 3.77. The average Bonchev–Trinajstić information content (AvgIpc) is 2.42. The minimum atomic E-state index is 0.216. The molecule has 0 unspecified atom stereocenters. The summed E-state index contributed by atoms with van der Waals surface area (Å²) in [5, 5.41) is 3.38. The maximum atomic E-state index is 6.08. The molecule has 19 heavy (non-hydrogen) atoms. The van der Waals surface area contributed by atoms with E-state index in [1.54, 1.807) is 0 Å². The summed E-state index contributed by atoms with van der Waals surface area (Å²) in [6.45, 7) is 8.85. The number of piperidine rings is 1. The topological polar surface area (TPSA) is 21.3 Å². The number of benzene rings is 1. The second-order valence-corrected chi connectivity index (χ2v) is 6.82. The van der Waals surface area contributed by atoms with Crippen LogP contribution in [0.1, 0.15) is 45.6 Å². The SMILES string of the molecule is CCC(C)(C)c1ccc(O[C@@H]2CCCNC2)c(Br)c1. The van der Waals surface area contributed by atoms with Crippen LogP contribution in [-0.4, -0.2) is 19.2 Å². The molecule has 1 aliphatic heterocycles. The summed E-state index contributed by atoms with van der Waals surface area (Å²) in [7, 11) is 0. The maximum absolute atomic E-state index is 6.08. The molecule has 0 bridgehead atoms. The third kappa shape index (κ3) is 3.73. The van der Waals surface area contributed by atoms with E-state index in [-0.39, 0.29) is 5.41 Å². The van der Waals surface area contributed by atoms with Crippen LogP contribution in [0.3, 0.4) is 0 Å². The van der Waals surface area contributed by atoms with Crippen LogP contribution in [0.25, 0.3) is 0 Å². The van der Waals surface area contributed by atoms with Gasteiger partial charge in [0.15, 0.2) is 0 Å². The van der Waals surface area contributed by atoms with E-state index >= 15 is 0 Å². The molecular formula is C16H24BrNO. The summed E-state index contributed by atoms with van der Waals surface area (Å²) >= 11 is 3.65. The highest BCUT2D eigenvalue weighted by Crippen LogP contribution is 2.34. The molecule has 0 amide bonds. The molecule has 0 saturated carbocycles. The number of rotatable bonds is 4. The summed E-state index contributed by atoms with van der Waals surface area (Å²) in [5.74, 6) is 0.962. The van der Waals surface area contributed by atoms with Gasteiger partial charge in [-0.25, -0.2) is 0 Å². The maximum Gasteiger partial charge on any atom is 0.133 e. The third-order valence-electron chi connectivity index (χ3n) is 4.14. The van der Waals surface area contributed by atoms with Crippen molar-refractivity contribution in [3.63, 3.8) is 0 Å². The van der Waals surface area contributed by atoms with Crippen LogP contribution in [0.4, 0.5) is 0 Å². The molecule has 1 saturated heterocycles. The molecular weight excluding hydrogens is 302 g/mol. The van der Waals surface area contributed by atoms with Gasteiger partial charge in [-0.05, 0) is 64.8 Å². The Kier molecular flexibility index (Phi) is 4.91. The van der Waals surface area contributed by atoms with E-state index < -0.39 is 0 Å². The Bertz CT molecular complexity index is 425.